The van der Waals surface area contributed by atoms with Gasteiger partial charge in [0.1, 0.15) is 6.23 Å². The van der Waals surface area contributed by atoms with Crippen molar-refractivity contribution in [3.8, 4) is 0 Å². The first-order chi connectivity index (χ1) is 10.4. The molecule has 2 aliphatic rings. The summed E-state index contributed by atoms with van der Waals surface area (Å²) in [4.78, 5) is 9.38. The van der Waals surface area contributed by atoms with Crippen molar-refractivity contribution in [3.05, 3.63) is 30.1 Å². The van der Waals surface area contributed by atoms with Crippen LogP contribution in [0.25, 0.3) is 11.0 Å². The fourth-order valence-electron chi connectivity index (χ4n) is 3.38. The SMILES string of the molecule is c1cc(C2=NCCCC2)c2ncn(C3CCCCO3)c2c1. The number of fused-ring (bicyclic) bond motifs is 1. The van der Waals surface area contributed by atoms with Crippen LogP contribution in [0.5, 0.6) is 0 Å². The summed E-state index contributed by atoms with van der Waals surface area (Å²) in [6.45, 7) is 1.81. The maximum absolute atomic E-state index is 5.91. The van der Waals surface area contributed by atoms with Crippen LogP contribution in [0.2, 0.25) is 0 Å². The monoisotopic (exact) mass is 283 g/mol. The molecule has 0 bridgehead atoms. The Kier molecular flexibility index (Phi) is 3.47. The van der Waals surface area contributed by atoms with Gasteiger partial charge in [0.25, 0.3) is 0 Å². The van der Waals surface area contributed by atoms with Gasteiger partial charge in [-0.2, -0.15) is 0 Å². The predicted octanol–water partition coefficient (Wildman–Crippen LogP) is 3.71. The van der Waals surface area contributed by atoms with Crippen molar-refractivity contribution < 1.29 is 4.74 Å². The number of nitrogens with zero attached hydrogens (tertiary/aromatic N) is 3. The molecule has 3 heterocycles. The lowest BCUT2D eigenvalue weighted by Crippen LogP contribution is -2.17. The summed E-state index contributed by atoms with van der Waals surface area (Å²) in [7, 11) is 0. The van der Waals surface area contributed by atoms with E-state index in [1.807, 2.05) is 6.33 Å². The van der Waals surface area contributed by atoms with Crippen molar-refractivity contribution in [3.63, 3.8) is 0 Å². The molecule has 2 aromatic rings. The van der Waals surface area contributed by atoms with Gasteiger partial charge in [-0.1, -0.05) is 12.1 Å². The van der Waals surface area contributed by atoms with Gasteiger partial charge >= 0.3 is 0 Å². The van der Waals surface area contributed by atoms with Crippen LogP contribution in [-0.2, 0) is 4.74 Å². The van der Waals surface area contributed by atoms with E-state index in [0.29, 0.717) is 0 Å². The molecule has 1 aromatic carbocycles. The highest BCUT2D eigenvalue weighted by molar-refractivity contribution is 6.09. The molecule has 1 saturated heterocycles. The summed E-state index contributed by atoms with van der Waals surface area (Å²) >= 11 is 0. The molecular formula is C17H21N3O. The Bertz CT molecular complexity index is 668. The normalized spacial score (nSPS) is 23.2. The van der Waals surface area contributed by atoms with E-state index >= 15 is 0 Å². The molecule has 0 radical (unpaired) electrons. The summed E-state index contributed by atoms with van der Waals surface area (Å²) in [5, 5.41) is 0. The number of benzene rings is 1. The van der Waals surface area contributed by atoms with Gasteiger partial charge in [-0.25, -0.2) is 4.98 Å². The van der Waals surface area contributed by atoms with Gasteiger partial charge in [-0.15, -0.1) is 0 Å². The van der Waals surface area contributed by atoms with Crippen LogP contribution in [0.4, 0.5) is 0 Å². The minimum Gasteiger partial charge on any atom is -0.358 e. The topological polar surface area (TPSA) is 39.4 Å². The third kappa shape index (κ3) is 2.38. The number of hydrogen-bond donors (Lipinski definition) is 0. The summed E-state index contributed by atoms with van der Waals surface area (Å²) in [5.74, 6) is 0. The molecule has 4 nitrogen and oxygen atoms in total. The number of aromatic nitrogens is 2. The van der Waals surface area contributed by atoms with Crippen LogP contribution in [0.3, 0.4) is 0 Å². The standard InChI is InChI=1S/C17H21N3O/c1-3-10-18-14(7-1)13-6-5-8-15-17(13)19-12-20(15)16-9-2-4-11-21-16/h5-6,8,12,16H,1-4,7,9-11H2. The van der Waals surface area contributed by atoms with Crippen LogP contribution in [0, 0.1) is 0 Å². The van der Waals surface area contributed by atoms with Crippen molar-refractivity contribution >= 4 is 16.7 Å². The van der Waals surface area contributed by atoms with Crippen molar-refractivity contribution in [2.24, 2.45) is 4.99 Å². The molecule has 4 rings (SSSR count). The lowest BCUT2D eigenvalue weighted by atomic mass is 10.0. The summed E-state index contributed by atoms with van der Waals surface area (Å²) in [6, 6.07) is 6.43. The zero-order valence-electron chi connectivity index (χ0n) is 12.3. The predicted molar refractivity (Wildman–Crippen MR) is 83.8 cm³/mol. The molecular weight excluding hydrogens is 262 g/mol. The first-order valence-electron chi connectivity index (χ1n) is 8.04. The molecule has 1 fully saturated rings. The van der Waals surface area contributed by atoms with Gasteiger partial charge in [0, 0.05) is 24.4 Å². The van der Waals surface area contributed by atoms with E-state index in [1.165, 1.54) is 42.5 Å². The Balaban J connectivity index is 1.77. The van der Waals surface area contributed by atoms with Crippen LogP contribution in [0.15, 0.2) is 29.5 Å². The second-order valence-corrected chi connectivity index (χ2v) is 5.93. The Morgan fingerprint density at radius 1 is 1.14 bits per heavy atom. The zero-order chi connectivity index (χ0) is 14.1. The number of hydrogen-bond acceptors (Lipinski definition) is 3. The molecule has 0 aliphatic carbocycles. The average molecular weight is 283 g/mol. The maximum Gasteiger partial charge on any atom is 0.135 e. The minimum atomic E-state index is 0.146. The lowest BCUT2D eigenvalue weighted by molar-refractivity contribution is -0.0295. The maximum atomic E-state index is 5.91. The van der Waals surface area contributed by atoms with E-state index in [9.17, 15) is 0 Å². The van der Waals surface area contributed by atoms with Gasteiger partial charge in [0.2, 0.25) is 0 Å². The fourth-order valence-corrected chi connectivity index (χ4v) is 3.38. The number of aliphatic imine (C=N–C) groups is 1. The highest BCUT2D eigenvalue weighted by Gasteiger charge is 2.20. The van der Waals surface area contributed by atoms with Gasteiger partial charge < -0.3 is 9.30 Å². The molecule has 0 amide bonds. The highest BCUT2D eigenvalue weighted by atomic mass is 16.5. The van der Waals surface area contributed by atoms with E-state index < -0.39 is 0 Å². The van der Waals surface area contributed by atoms with Gasteiger partial charge in [0.15, 0.2) is 0 Å². The molecule has 110 valence electrons. The third-order valence-electron chi connectivity index (χ3n) is 4.51. The van der Waals surface area contributed by atoms with Crippen molar-refractivity contribution in [1.29, 1.82) is 0 Å². The van der Waals surface area contributed by atoms with Gasteiger partial charge in [-0.05, 0) is 44.6 Å². The molecule has 1 unspecified atom stereocenters. The first kappa shape index (κ1) is 13.0. The van der Waals surface area contributed by atoms with E-state index in [-0.39, 0.29) is 6.23 Å². The second kappa shape index (κ2) is 5.60. The Labute approximate surface area is 124 Å². The molecule has 0 spiro atoms. The summed E-state index contributed by atoms with van der Waals surface area (Å²) in [6.07, 6.45) is 9.09. The van der Waals surface area contributed by atoms with Crippen LogP contribution >= 0.6 is 0 Å². The van der Waals surface area contributed by atoms with E-state index in [1.54, 1.807) is 0 Å². The molecule has 21 heavy (non-hydrogen) atoms. The summed E-state index contributed by atoms with van der Waals surface area (Å²) in [5.41, 5.74) is 4.68. The number of imidazole rings is 1. The van der Waals surface area contributed by atoms with Crippen LogP contribution in [0.1, 0.15) is 50.3 Å². The van der Waals surface area contributed by atoms with Crippen molar-refractivity contribution in [2.45, 2.75) is 44.8 Å². The van der Waals surface area contributed by atoms with Crippen LogP contribution < -0.4 is 0 Å². The minimum absolute atomic E-state index is 0.146. The molecule has 1 aromatic heterocycles. The number of para-hydroxylation sites is 1. The van der Waals surface area contributed by atoms with Crippen molar-refractivity contribution in [2.75, 3.05) is 13.2 Å². The number of rotatable bonds is 2. The number of ether oxygens (including phenoxy) is 1. The Hall–Kier alpha value is -1.68. The van der Waals surface area contributed by atoms with Crippen LogP contribution in [-0.4, -0.2) is 28.4 Å². The fraction of sp³-hybridized carbons (Fsp3) is 0.529. The smallest absolute Gasteiger partial charge is 0.135 e. The largest absolute Gasteiger partial charge is 0.358 e. The van der Waals surface area contributed by atoms with Gasteiger partial charge in [-0.3, -0.25) is 4.99 Å². The highest BCUT2D eigenvalue weighted by Crippen LogP contribution is 2.28. The quantitative estimate of drug-likeness (QED) is 0.843. The third-order valence-corrected chi connectivity index (χ3v) is 4.51. The Morgan fingerprint density at radius 2 is 2.14 bits per heavy atom. The molecule has 0 N–H and O–H groups in total. The van der Waals surface area contributed by atoms with E-state index in [0.717, 1.165) is 31.5 Å². The molecule has 2 aliphatic heterocycles. The average Bonchev–Trinajstić information content (AvgIpc) is 3.00. The second-order valence-electron chi connectivity index (χ2n) is 5.93. The first-order valence-corrected chi connectivity index (χ1v) is 8.04. The van der Waals surface area contributed by atoms with E-state index in [4.69, 9.17) is 9.73 Å². The molecule has 1 atom stereocenters. The molecule has 4 heteroatoms. The molecule has 0 saturated carbocycles. The van der Waals surface area contributed by atoms with Gasteiger partial charge in [0.05, 0.1) is 17.4 Å². The van der Waals surface area contributed by atoms with E-state index in [2.05, 4.69) is 27.8 Å². The van der Waals surface area contributed by atoms with Crippen molar-refractivity contribution in [1.82, 2.24) is 9.55 Å². The summed E-state index contributed by atoms with van der Waals surface area (Å²) < 4.78 is 8.10. The zero-order valence-corrected chi connectivity index (χ0v) is 12.3. The lowest BCUT2D eigenvalue weighted by Gasteiger charge is -2.24. The Morgan fingerprint density at radius 3 is 2.95 bits per heavy atom.